The summed E-state index contributed by atoms with van der Waals surface area (Å²) in [6.45, 7) is 2.31. The van der Waals surface area contributed by atoms with Gasteiger partial charge in [0, 0.05) is 0 Å². The van der Waals surface area contributed by atoms with Gasteiger partial charge in [0.05, 0.1) is 7.11 Å². The third kappa shape index (κ3) is 5.51. The summed E-state index contributed by atoms with van der Waals surface area (Å²) >= 11 is 0. The van der Waals surface area contributed by atoms with Crippen molar-refractivity contribution in [1.29, 1.82) is 0 Å². The largest absolute Gasteiger partial charge is 0.497 e. The Kier molecular flexibility index (Phi) is 7.89. The molecular formula is C25H40O. The summed E-state index contributed by atoms with van der Waals surface area (Å²) < 4.78 is 5.30. The lowest BCUT2D eigenvalue weighted by Crippen LogP contribution is -2.25. The van der Waals surface area contributed by atoms with Gasteiger partial charge in [-0.1, -0.05) is 64.0 Å². The predicted octanol–water partition coefficient (Wildman–Crippen LogP) is 7.75. The Morgan fingerprint density at radius 3 is 1.96 bits per heavy atom. The molecule has 0 aliphatic heterocycles. The van der Waals surface area contributed by atoms with E-state index in [1.807, 2.05) is 0 Å². The summed E-state index contributed by atoms with van der Waals surface area (Å²) in [5.74, 6) is 4.88. The minimum absolute atomic E-state index is 0.784. The standard InChI is InChI=1S/C25H40O/c1-3-4-5-6-7-20-8-10-21(11-9-20)22-12-14-23(15-13-22)24-16-18-25(26-2)19-17-24/h16-23H,3-15H2,1-2H3/t20-,21-,22?,23?. The van der Waals surface area contributed by atoms with Gasteiger partial charge in [-0.05, 0) is 79.9 Å². The van der Waals surface area contributed by atoms with Crippen LogP contribution in [0.3, 0.4) is 0 Å². The quantitative estimate of drug-likeness (QED) is 0.433. The Morgan fingerprint density at radius 1 is 0.769 bits per heavy atom. The number of ether oxygens (including phenoxy) is 1. The van der Waals surface area contributed by atoms with Gasteiger partial charge in [0.15, 0.2) is 0 Å². The van der Waals surface area contributed by atoms with E-state index in [2.05, 4.69) is 31.2 Å². The number of benzene rings is 1. The van der Waals surface area contributed by atoms with Crippen molar-refractivity contribution in [3.8, 4) is 5.75 Å². The van der Waals surface area contributed by atoms with Crippen molar-refractivity contribution in [1.82, 2.24) is 0 Å². The molecule has 0 saturated heterocycles. The van der Waals surface area contributed by atoms with Crippen molar-refractivity contribution >= 4 is 0 Å². The molecule has 0 aromatic heterocycles. The molecule has 0 bridgehead atoms. The lowest BCUT2D eigenvalue weighted by Gasteiger charge is -2.38. The highest BCUT2D eigenvalue weighted by atomic mass is 16.5. The molecular weight excluding hydrogens is 316 g/mol. The van der Waals surface area contributed by atoms with Gasteiger partial charge in [0.25, 0.3) is 0 Å². The molecule has 26 heavy (non-hydrogen) atoms. The van der Waals surface area contributed by atoms with Crippen molar-refractivity contribution in [2.24, 2.45) is 17.8 Å². The molecule has 1 aromatic rings. The van der Waals surface area contributed by atoms with E-state index in [0.29, 0.717) is 0 Å². The van der Waals surface area contributed by atoms with Crippen LogP contribution < -0.4 is 4.74 Å². The second kappa shape index (κ2) is 10.4. The van der Waals surface area contributed by atoms with Crippen LogP contribution in [-0.2, 0) is 0 Å². The highest BCUT2D eigenvalue weighted by molar-refractivity contribution is 5.29. The van der Waals surface area contributed by atoms with E-state index in [4.69, 9.17) is 4.74 Å². The predicted molar refractivity (Wildman–Crippen MR) is 112 cm³/mol. The van der Waals surface area contributed by atoms with Crippen molar-refractivity contribution in [3.05, 3.63) is 29.8 Å². The number of hydrogen-bond acceptors (Lipinski definition) is 1. The van der Waals surface area contributed by atoms with Crippen LogP contribution in [0.5, 0.6) is 5.75 Å². The van der Waals surface area contributed by atoms with E-state index in [9.17, 15) is 0 Å². The van der Waals surface area contributed by atoms with E-state index in [-0.39, 0.29) is 0 Å². The highest BCUT2D eigenvalue weighted by Gasteiger charge is 2.31. The lowest BCUT2D eigenvalue weighted by molar-refractivity contribution is 0.155. The maximum absolute atomic E-state index is 5.30. The van der Waals surface area contributed by atoms with Gasteiger partial charge >= 0.3 is 0 Å². The highest BCUT2D eigenvalue weighted by Crippen LogP contribution is 2.44. The summed E-state index contributed by atoms with van der Waals surface area (Å²) in [7, 11) is 1.75. The van der Waals surface area contributed by atoms with Crippen molar-refractivity contribution in [2.75, 3.05) is 7.11 Å². The lowest BCUT2D eigenvalue weighted by atomic mass is 9.68. The van der Waals surface area contributed by atoms with E-state index in [1.165, 1.54) is 89.0 Å². The van der Waals surface area contributed by atoms with Gasteiger partial charge in [0.1, 0.15) is 5.75 Å². The van der Waals surface area contributed by atoms with Gasteiger partial charge in [-0.2, -0.15) is 0 Å². The van der Waals surface area contributed by atoms with Gasteiger partial charge in [-0.15, -0.1) is 0 Å². The summed E-state index contributed by atoms with van der Waals surface area (Å²) in [6, 6.07) is 8.83. The second-order valence-electron chi connectivity index (χ2n) is 9.02. The van der Waals surface area contributed by atoms with E-state index >= 15 is 0 Å². The van der Waals surface area contributed by atoms with Crippen LogP contribution in [-0.4, -0.2) is 7.11 Å². The summed E-state index contributed by atoms with van der Waals surface area (Å²) in [6.07, 6.45) is 19.1. The topological polar surface area (TPSA) is 9.23 Å². The fourth-order valence-corrected chi connectivity index (χ4v) is 5.61. The molecule has 3 rings (SSSR count). The first-order chi connectivity index (χ1) is 12.8. The number of methoxy groups -OCH3 is 1. The first-order valence-corrected chi connectivity index (χ1v) is 11.4. The molecule has 2 aliphatic carbocycles. The SMILES string of the molecule is CCCCCC[C@H]1CC[C@H](C2CCC(c3ccc(OC)cc3)CC2)CC1. The zero-order valence-electron chi connectivity index (χ0n) is 17.2. The average molecular weight is 357 g/mol. The monoisotopic (exact) mass is 356 g/mol. The summed E-state index contributed by atoms with van der Waals surface area (Å²) in [5.41, 5.74) is 1.53. The number of rotatable bonds is 8. The molecule has 0 heterocycles. The van der Waals surface area contributed by atoms with Crippen LogP contribution >= 0.6 is 0 Å². The smallest absolute Gasteiger partial charge is 0.118 e. The Hall–Kier alpha value is -0.980. The van der Waals surface area contributed by atoms with Crippen LogP contribution in [0.2, 0.25) is 0 Å². The minimum Gasteiger partial charge on any atom is -0.497 e. The molecule has 2 fully saturated rings. The Bertz CT molecular complexity index is 489. The molecule has 1 aromatic carbocycles. The second-order valence-corrected chi connectivity index (χ2v) is 9.02. The molecule has 0 spiro atoms. The molecule has 0 unspecified atom stereocenters. The molecule has 0 radical (unpaired) electrons. The van der Waals surface area contributed by atoms with Crippen LogP contribution in [0.25, 0.3) is 0 Å². The normalized spacial score (nSPS) is 29.5. The number of unbranched alkanes of at least 4 members (excludes halogenated alkanes) is 3. The van der Waals surface area contributed by atoms with Crippen molar-refractivity contribution in [3.63, 3.8) is 0 Å². The van der Waals surface area contributed by atoms with Crippen LogP contribution in [0.1, 0.15) is 102 Å². The third-order valence-electron chi connectivity index (χ3n) is 7.38. The van der Waals surface area contributed by atoms with Crippen LogP contribution in [0.15, 0.2) is 24.3 Å². The van der Waals surface area contributed by atoms with Crippen molar-refractivity contribution < 1.29 is 4.74 Å². The Morgan fingerprint density at radius 2 is 1.38 bits per heavy atom. The molecule has 0 atom stereocenters. The fraction of sp³-hybridized carbons (Fsp3) is 0.760. The molecule has 0 amide bonds. The molecule has 0 N–H and O–H groups in total. The first kappa shape index (κ1) is 19.8. The molecule has 146 valence electrons. The molecule has 2 saturated carbocycles. The third-order valence-corrected chi connectivity index (χ3v) is 7.38. The molecule has 1 nitrogen and oxygen atoms in total. The van der Waals surface area contributed by atoms with E-state index in [1.54, 1.807) is 7.11 Å². The van der Waals surface area contributed by atoms with Gasteiger partial charge in [0.2, 0.25) is 0 Å². The van der Waals surface area contributed by atoms with Crippen LogP contribution in [0.4, 0.5) is 0 Å². The minimum atomic E-state index is 0.784. The van der Waals surface area contributed by atoms with Gasteiger partial charge < -0.3 is 4.74 Å². The number of hydrogen-bond donors (Lipinski definition) is 0. The Balaban J connectivity index is 1.37. The fourth-order valence-electron chi connectivity index (χ4n) is 5.61. The van der Waals surface area contributed by atoms with Gasteiger partial charge in [-0.25, -0.2) is 0 Å². The molecule has 1 heteroatoms. The van der Waals surface area contributed by atoms with Crippen LogP contribution in [0, 0.1) is 17.8 Å². The maximum atomic E-state index is 5.30. The van der Waals surface area contributed by atoms with Gasteiger partial charge in [-0.3, -0.25) is 0 Å². The Labute approximate surface area is 161 Å². The average Bonchev–Trinajstić information content (AvgIpc) is 2.72. The van der Waals surface area contributed by atoms with E-state index < -0.39 is 0 Å². The zero-order valence-corrected chi connectivity index (χ0v) is 17.2. The van der Waals surface area contributed by atoms with E-state index in [0.717, 1.165) is 29.4 Å². The first-order valence-electron chi connectivity index (χ1n) is 11.4. The van der Waals surface area contributed by atoms with Crippen molar-refractivity contribution in [2.45, 2.75) is 96.3 Å². The summed E-state index contributed by atoms with van der Waals surface area (Å²) in [5, 5.41) is 0. The summed E-state index contributed by atoms with van der Waals surface area (Å²) in [4.78, 5) is 0. The maximum Gasteiger partial charge on any atom is 0.118 e. The molecule has 2 aliphatic rings. The zero-order chi connectivity index (χ0) is 18.2.